The molecule has 0 unspecified atom stereocenters. The van der Waals surface area contributed by atoms with Crippen LogP contribution in [0.25, 0.3) is 5.69 Å². The maximum Gasteiger partial charge on any atom is 0.416 e. The van der Waals surface area contributed by atoms with Crippen molar-refractivity contribution in [2.75, 3.05) is 0 Å². The fraction of sp³-hybridized carbons (Fsp3) is 0.0588. The molecular formula is C17H10Cl2F3N3O3S. The Kier molecular flexibility index (Phi) is 5.61. The molecule has 0 bridgehead atoms. The van der Waals surface area contributed by atoms with E-state index in [1.807, 2.05) is 4.72 Å². The number of hydrogen-bond donors (Lipinski definition) is 1. The second kappa shape index (κ2) is 7.69. The predicted octanol–water partition coefficient (Wildman–Crippen LogP) is 4.32. The quantitative estimate of drug-likeness (QED) is 0.624. The van der Waals surface area contributed by atoms with E-state index in [0.717, 1.165) is 30.7 Å². The van der Waals surface area contributed by atoms with Crippen LogP contribution in [0, 0.1) is 0 Å². The van der Waals surface area contributed by atoms with Crippen molar-refractivity contribution in [3.05, 3.63) is 76.3 Å². The Balaban J connectivity index is 1.85. The van der Waals surface area contributed by atoms with Crippen molar-refractivity contribution in [2.24, 2.45) is 0 Å². The first-order valence-corrected chi connectivity index (χ1v) is 9.96. The van der Waals surface area contributed by atoms with Gasteiger partial charge in [0.15, 0.2) is 0 Å². The van der Waals surface area contributed by atoms with Gasteiger partial charge in [0.2, 0.25) is 0 Å². The number of imidazole rings is 1. The largest absolute Gasteiger partial charge is 0.416 e. The molecule has 1 heterocycles. The lowest BCUT2D eigenvalue weighted by atomic mass is 10.2. The average Bonchev–Trinajstić information content (AvgIpc) is 3.10. The Morgan fingerprint density at radius 3 is 2.38 bits per heavy atom. The molecule has 0 saturated heterocycles. The summed E-state index contributed by atoms with van der Waals surface area (Å²) >= 11 is 11.7. The third-order valence-corrected chi connectivity index (χ3v) is 5.86. The maximum absolute atomic E-state index is 12.7. The lowest BCUT2D eigenvalue weighted by molar-refractivity contribution is -0.137. The first kappa shape index (κ1) is 21.2. The number of halogens is 5. The second-order valence-corrected chi connectivity index (χ2v) is 8.16. The highest BCUT2D eigenvalue weighted by Gasteiger charge is 2.31. The first-order valence-electron chi connectivity index (χ1n) is 7.72. The fourth-order valence-electron chi connectivity index (χ4n) is 2.36. The lowest BCUT2D eigenvalue weighted by Gasteiger charge is -2.10. The Morgan fingerprint density at radius 2 is 1.76 bits per heavy atom. The number of alkyl halides is 3. The Morgan fingerprint density at radius 1 is 1.07 bits per heavy atom. The summed E-state index contributed by atoms with van der Waals surface area (Å²) in [6, 6.07) is 8.20. The highest BCUT2D eigenvalue weighted by atomic mass is 35.5. The number of hydrogen-bond acceptors (Lipinski definition) is 4. The number of nitrogens with zero attached hydrogens (tertiary/aromatic N) is 2. The van der Waals surface area contributed by atoms with Gasteiger partial charge < -0.3 is 4.57 Å². The topological polar surface area (TPSA) is 81.1 Å². The van der Waals surface area contributed by atoms with Crippen LogP contribution in [0.1, 0.15) is 16.1 Å². The molecule has 1 aromatic heterocycles. The summed E-state index contributed by atoms with van der Waals surface area (Å²) < 4.78 is 65.9. The fourth-order valence-corrected chi connectivity index (χ4v) is 4.12. The molecule has 12 heteroatoms. The molecule has 0 aliphatic carbocycles. The molecule has 1 N–H and O–H groups in total. The zero-order chi connectivity index (χ0) is 21.4. The van der Waals surface area contributed by atoms with E-state index >= 15 is 0 Å². The summed E-state index contributed by atoms with van der Waals surface area (Å²) in [4.78, 5) is 15.8. The second-order valence-electron chi connectivity index (χ2n) is 5.70. The van der Waals surface area contributed by atoms with Gasteiger partial charge in [-0.15, -0.1) is 0 Å². The van der Waals surface area contributed by atoms with Gasteiger partial charge in [0, 0.05) is 6.20 Å². The first-order chi connectivity index (χ1) is 13.5. The van der Waals surface area contributed by atoms with Crippen LogP contribution in [0.5, 0.6) is 0 Å². The summed E-state index contributed by atoms with van der Waals surface area (Å²) in [6.45, 7) is 0. The summed E-state index contributed by atoms with van der Waals surface area (Å²) in [5.41, 5.74) is -1.10. The predicted molar refractivity (Wildman–Crippen MR) is 99.7 cm³/mol. The van der Waals surface area contributed by atoms with E-state index in [2.05, 4.69) is 4.98 Å². The van der Waals surface area contributed by atoms with E-state index in [9.17, 15) is 26.4 Å². The molecule has 6 nitrogen and oxygen atoms in total. The van der Waals surface area contributed by atoms with Crippen molar-refractivity contribution in [1.29, 1.82) is 0 Å². The van der Waals surface area contributed by atoms with Crippen LogP contribution in [-0.2, 0) is 16.2 Å². The number of rotatable bonds is 4. The number of nitrogens with one attached hydrogen (secondary N) is 1. The SMILES string of the molecule is O=C(NS(=O)(=O)c1ccccc1Cl)c1cn(-c2ccc(C(F)(F)F)cc2Cl)cn1. The summed E-state index contributed by atoms with van der Waals surface area (Å²) in [5.74, 6) is -1.05. The van der Waals surface area contributed by atoms with E-state index < -0.39 is 27.7 Å². The minimum absolute atomic E-state index is 0.0742. The molecule has 152 valence electrons. The summed E-state index contributed by atoms with van der Waals surface area (Å²) in [6.07, 6.45) is -2.31. The van der Waals surface area contributed by atoms with Gasteiger partial charge in [0.25, 0.3) is 15.9 Å². The Hall–Kier alpha value is -2.56. The highest BCUT2D eigenvalue weighted by molar-refractivity contribution is 7.90. The van der Waals surface area contributed by atoms with Crippen LogP contribution >= 0.6 is 23.2 Å². The van der Waals surface area contributed by atoms with Gasteiger partial charge >= 0.3 is 6.18 Å². The Labute approximate surface area is 172 Å². The van der Waals surface area contributed by atoms with Crippen molar-refractivity contribution >= 4 is 39.1 Å². The van der Waals surface area contributed by atoms with Gasteiger partial charge in [-0.05, 0) is 30.3 Å². The van der Waals surface area contributed by atoms with Gasteiger partial charge in [0.05, 0.1) is 21.3 Å². The van der Waals surface area contributed by atoms with E-state index in [-0.39, 0.29) is 26.3 Å². The zero-order valence-corrected chi connectivity index (χ0v) is 16.4. The Bertz CT molecular complexity index is 1190. The number of benzene rings is 2. The molecule has 0 atom stereocenters. The third-order valence-electron chi connectivity index (χ3n) is 3.72. The van der Waals surface area contributed by atoms with Crippen LogP contribution in [0.4, 0.5) is 13.2 Å². The van der Waals surface area contributed by atoms with Crippen LogP contribution in [0.3, 0.4) is 0 Å². The van der Waals surface area contributed by atoms with Crippen molar-refractivity contribution in [3.63, 3.8) is 0 Å². The molecule has 0 aliphatic heterocycles. The number of carbonyl (C=O) groups is 1. The number of carbonyl (C=O) groups excluding carboxylic acids is 1. The minimum Gasteiger partial charge on any atom is -0.304 e. The number of aromatic nitrogens is 2. The van der Waals surface area contributed by atoms with Crippen molar-refractivity contribution in [2.45, 2.75) is 11.1 Å². The van der Waals surface area contributed by atoms with Gasteiger partial charge in [-0.1, -0.05) is 35.3 Å². The molecule has 0 fully saturated rings. The molecule has 1 amide bonds. The summed E-state index contributed by atoms with van der Waals surface area (Å²) in [7, 11) is -4.26. The van der Waals surface area contributed by atoms with Crippen LogP contribution < -0.4 is 4.72 Å². The van der Waals surface area contributed by atoms with Crippen molar-refractivity contribution < 1.29 is 26.4 Å². The summed E-state index contributed by atoms with van der Waals surface area (Å²) in [5, 5.41) is -0.303. The number of sulfonamides is 1. The zero-order valence-electron chi connectivity index (χ0n) is 14.1. The normalized spacial score (nSPS) is 12.0. The lowest BCUT2D eigenvalue weighted by Crippen LogP contribution is -2.31. The van der Waals surface area contributed by atoms with Gasteiger partial charge in [-0.2, -0.15) is 13.2 Å². The minimum atomic E-state index is -4.56. The van der Waals surface area contributed by atoms with E-state index in [1.54, 1.807) is 0 Å². The third kappa shape index (κ3) is 4.55. The maximum atomic E-state index is 12.7. The van der Waals surface area contributed by atoms with Crippen LogP contribution in [0.15, 0.2) is 59.9 Å². The van der Waals surface area contributed by atoms with Gasteiger partial charge in [-0.3, -0.25) is 4.79 Å². The van der Waals surface area contributed by atoms with Gasteiger partial charge in [-0.25, -0.2) is 18.1 Å². The molecule has 0 aliphatic rings. The smallest absolute Gasteiger partial charge is 0.304 e. The van der Waals surface area contributed by atoms with Gasteiger partial charge in [0.1, 0.15) is 16.9 Å². The number of amides is 1. The van der Waals surface area contributed by atoms with Crippen molar-refractivity contribution in [1.82, 2.24) is 14.3 Å². The monoisotopic (exact) mass is 463 g/mol. The van der Waals surface area contributed by atoms with E-state index in [0.29, 0.717) is 0 Å². The van der Waals surface area contributed by atoms with Crippen LogP contribution in [0.2, 0.25) is 10.0 Å². The van der Waals surface area contributed by atoms with E-state index in [4.69, 9.17) is 23.2 Å². The van der Waals surface area contributed by atoms with E-state index in [1.165, 1.54) is 28.8 Å². The highest BCUT2D eigenvalue weighted by Crippen LogP contribution is 2.33. The van der Waals surface area contributed by atoms with Crippen LogP contribution in [-0.4, -0.2) is 23.9 Å². The molecule has 2 aromatic carbocycles. The molecule has 0 saturated carbocycles. The van der Waals surface area contributed by atoms with Crippen molar-refractivity contribution in [3.8, 4) is 5.69 Å². The molecule has 3 aromatic rings. The molecular weight excluding hydrogens is 454 g/mol. The molecule has 29 heavy (non-hydrogen) atoms. The average molecular weight is 464 g/mol. The molecule has 0 spiro atoms. The standard InChI is InChI=1S/C17H10Cl2F3N3O3S/c18-11-3-1-2-4-15(11)29(27,28)24-16(26)13-8-25(9-23-13)14-6-5-10(7-12(14)19)17(20,21)22/h1-9H,(H,24,26). The molecule has 0 radical (unpaired) electrons. The molecule has 3 rings (SSSR count).